The number of nitrogen functional groups attached to an aromatic ring is 1. The summed E-state index contributed by atoms with van der Waals surface area (Å²) in [4.78, 5) is 0. The lowest BCUT2D eigenvalue weighted by Crippen LogP contribution is -1.91. The van der Waals surface area contributed by atoms with E-state index >= 15 is 0 Å². The molecule has 1 fully saturated rings. The van der Waals surface area contributed by atoms with Crippen molar-refractivity contribution >= 4 is 11.8 Å². The van der Waals surface area contributed by atoms with Crippen LogP contribution in [0.1, 0.15) is 37.7 Å². The van der Waals surface area contributed by atoms with Gasteiger partial charge in [0.1, 0.15) is 5.75 Å². The smallest absolute Gasteiger partial charge is 0.126 e. The highest BCUT2D eigenvalue weighted by Gasteiger charge is 2.12. The normalized spacial score (nSPS) is 16.8. The fourth-order valence-electron chi connectivity index (χ4n) is 2.52. The first kappa shape index (κ1) is 12.0. The SMILES string of the molecule is COc1ccc(N)cc1/C=C/CC1CCCC1. The second kappa shape index (κ2) is 5.76. The molecule has 0 saturated heterocycles. The summed E-state index contributed by atoms with van der Waals surface area (Å²) in [6.07, 6.45) is 11.1. The molecule has 2 rings (SSSR count). The van der Waals surface area contributed by atoms with Crippen molar-refractivity contribution in [2.45, 2.75) is 32.1 Å². The third kappa shape index (κ3) is 3.26. The van der Waals surface area contributed by atoms with E-state index in [1.165, 1.54) is 32.1 Å². The molecule has 1 saturated carbocycles. The van der Waals surface area contributed by atoms with Gasteiger partial charge in [0.2, 0.25) is 0 Å². The van der Waals surface area contributed by atoms with Gasteiger partial charge in [0, 0.05) is 11.3 Å². The van der Waals surface area contributed by atoms with Gasteiger partial charge >= 0.3 is 0 Å². The van der Waals surface area contributed by atoms with Crippen molar-refractivity contribution < 1.29 is 4.74 Å². The average molecular weight is 231 g/mol. The third-order valence-corrected chi connectivity index (χ3v) is 3.50. The molecule has 0 aliphatic heterocycles. The number of allylic oxidation sites excluding steroid dienone is 1. The Hall–Kier alpha value is -1.44. The van der Waals surface area contributed by atoms with Crippen LogP contribution in [0.4, 0.5) is 5.69 Å². The minimum atomic E-state index is 0.784. The summed E-state index contributed by atoms with van der Waals surface area (Å²) in [7, 11) is 1.69. The Kier molecular flexibility index (Phi) is 4.08. The molecule has 0 radical (unpaired) electrons. The number of ether oxygens (including phenoxy) is 1. The Balaban J connectivity index is 2.00. The molecular weight excluding hydrogens is 210 g/mol. The summed E-state index contributed by atoms with van der Waals surface area (Å²) < 4.78 is 5.32. The fourth-order valence-corrected chi connectivity index (χ4v) is 2.52. The highest BCUT2D eigenvalue weighted by Crippen LogP contribution is 2.29. The van der Waals surface area contributed by atoms with Gasteiger partial charge in [0.25, 0.3) is 0 Å². The molecule has 0 unspecified atom stereocenters. The molecule has 92 valence electrons. The number of rotatable bonds is 4. The lowest BCUT2D eigenvalue weighted by molar-refractivity contribution is 0.414. The van der Waals surface area contributed by atoms with Crippen molar-refractivity contribution in [2.24, 2.45) is 5.92 Å². The number of anilines is 1. The van der Waals surface area contributed by atoms with Gasteiger partial charge in [0.15, 0.2) is 0 Å². The van der Waals surface area contributed by atoms with Crippen molar-refractivity contribution in [1.29, 1.82) is 0 Å². The Morgan fingerprint density at radius 3 is 2.82 bits per heavy atom. The van der Waals surface area contributed by atoms with Gasteiger partial charge in [-0.3, -0.25) is 0 Å². The zero-order valence-corrected chi connectivity index (χ0v) is 10.5. The van der Waals surface area contributed by atoms with Crippen LogP contribution in [-0.2, 0) is 0 Å². The van der Waals surface area contributed by atoms with Gasteiger partial charge in [-0.25, -0.2) is 0 Å². The van der Waals surface area contributed by atoms with Crippen LogP contribution in [0.15, 0.2) is 24.3 Å². The van der Waals surface area contributed by atoms with Crippen molar-refractivity contribution in [3.8, 4) is 5.75 Å². The number of hydrogen-bond donors (Lipinski definition) is 1. The topological polar surface area (TPSA) is 35.2 Å². The minimum Gasteiger partial charge on any atom is -0.496 e. The van der Waals surface area contributed by atoms with E-state index in [1.807, 2.05) is 18.2 Å². The van der Waals surface area contributed by atoms with Crippen LogP contribution in [0.2, 0.25) is 0 Å². The molecule has 1 aromatic rings. The molecular formula is C15H21NO. The second-order valence-electron chi connectivity index (χ2n) is 4.79. The highest BCUT2D eigenvalue weighted by atomic mass is 16.5. The van der Waals surface area contributed by atoms with Crippen molar-refractivity contribution in [2.75, 3.05) is 12.8 Å². The second-order valence-corrected chi connectivity index (χ2v) is 4.79. The highest BCUT2D eigenvalue weighted by molar-refractivity contribution is 5.62. The molecule has 2 heteroatoms. The first-order valence-electron chi connectivity index (χ1n) is 6.39. The molecule has 1 aliphatic rings. The largest absolute Gasteiger partial charge is 0.496 e. The fraction of sp³-hybridized carbons (Fsp3) is 0.467. The molecule has 0 heterocycles. The van der Waals surface area contributed by atoms with Gasteiger partial charge in [-0.05, 0) is 30.5 Å². The Morgan fingerprint density at radius 1 is 1.35 bits per heavy atom. The molecule has 1 aliphatic carbocycles. The van der Waals surface area contributed by atoms with Crippen LogP contribution in [0.25, 0.3) is 6.08 Å². The van der Waals surface area contributed by atoms with E-state index in [4.69, 9.17) is 10.5 Å². The maximum Gasteiger partial charge on any atom is 0.126 e. The van der Waals surface area contributed by atoms with E-state index in [0.29, 0.717) is 0 Å². The van der Waals surface area contributed by atoms with Crippen molar-refractivity contribution in [3.63, 3.8) is 0 Å². The van der Waals surface area contributed by atoms with E-state index in [2.05, 4.69) is 12.2 Å². The molecule has 0 aromatic heterocycles. The molecule has 0 amide bonds. The maximum absolute atomic E-state index is 5.79. The molecule has 0 spiro atoms. The summed E-state index contributed by atoms with van der Waals surface area (Å²) in [5.74, 6) is 1.78. The van der Waals surface area contributed by atoms with Gasteiger partial charge in [-0.15, -0.1) is 0 Å². The van der Waals surface area contributed by atoms with Crippen LogP contribution in [0, 0.1) is 5.92 Å². The van der Waals surface area contributed by atoms with Crippen LogP contribution in [0.5, 0.6) is 5.75 Å². The molecule has 0 bridgehead atoms. The van der Waals surface area contributed by atoms with E-state index in [0.717, 1.165) is 22.9 Å². The zero-order chi connectivity index (χ0) is 12.1. The number of hydrogen-bond acceptors (Lipinski definition) is 2. The Labute approximate surface area is 103 Å². The van der Waals surface area contributed by atoms with Crippen LogP contribution in [0.3, 0.4) is 0 Å². The van der Waals surface area contributed by atoms with E-state index in [9.17, 15) is 0 Å². The monoisotopic (exact) mass is 231 g/mol. The molecule has 0 atom stereocenters. The van der Waals surface area contributed by atoms with Gasteiger partial charge in [-0.1, -0.05) is 37.8 Å². The standard InChI is InChI=1S/C15H21NO/c1-17-15-10-9-14(16)11-13(15)8-4-7-12-5-2-3-6-12/h4,8-12H,2-3,5-7,16H2,1H3/b8-4+. The Morgan fingerprint density at radius 2 is 2.12 bits per heavy atom. The molecule has 2 N–H and O–H groups in total. The van der Waals surface area contributed by atoms with E-state index in [-0.39, 0.29) is 0 Å². The van der Waals surface area contributed by atoms with Crippen LogP contribution in [-0.4, -0.2) is 7.11 Å². The predicted molar refractivity (Wildman–Crippen MR) is 73.0 cm³/mol. The lowest BCUT2D eigenvalue weighted by atomic mass is 10.0. The maximum atomic E-state index is 5.79. The van der Waals surface area contributed by atoms with E-state index in [1.54, 1.807) is 7.11 Å². The van der Waals surface area contributed by atoms with Gasteiger partial charge in [0.05, 0.1) is 7.11 Å². The van der Waals surface area contributed by atoms with Crippen LogP contribution >= 0.6 is 0 Å². The number of methoxy groups -OCH3 is 1. The summed E-state index contributed by atoms with van der Waals surface area (Å²) >= 11 is 0. The first-order chi connectivity index (χ1) is 8.29. The number of nitrogens with two attached hydrogens (primary N) is 1. The summed E-state index contributed by atoms with van der Waals surface area (Å²) in [5.41, 5.74) is 7.64. The van der Waals surface area contributed by atoms with Crippen molar-refractivity contribution in [3.05, 3.63) is 29.8 Å². The van der Waals surface area contributed by atoms with Gasteiger partial charge in [-0.2, -0.15) is 0 Å². The molecule has 17 heavy (non-hydrogen) atoms. The summed E-state index contributed by atoms with van der Waals surface area (Å²) in [6, 6.07) is 5.75. The minimum absolute atomic E-state index is 0.784. The average Bonchev–Trinajstić information content (AvgIpc) is 2.82. The van der Waals surface area contributed by atoms with Crippen molar-refractivity contribution in [1.82, 2.24) is 0 Å². The van der Waals surface area contributed by atoms with E-state index < -0.39 is 0 Å². The first-order valence-corrected chi connectivity index (χ1v) is 6.39. The van der Waals surface area contributed by atoms with Crippen LogP contribution < -0.4 is 10.5 Å². The third-order valence-electron chi connectivity index (χ3n) is 3.50. The van der Waals surface area contributed by atoms with Gasteiger partial charge < -0.3 is 10.5 Å². The summed E-state index contributed by atoms with van der Waals surface area (Å²) in [6.45, 7) is 0. The quantitative estimate of drug-likeness (QED) is 0.798. The predicted octanol–water partition coefficient (Wildman–Crippen LogP) is 3.87. The zero-order valence-electron chi connectivity index (χ0n) is 10.5. The lowest BCUT2D eigenvalue weighted by Gasteiger charge is -2.06. The summed E-state index contributed by atoms with van der Waals surface area (Å²) in [5, 5.41) is 0. The molecule has 1 aromatic carbocycles. The molecule has 2 nitrogen and oxygen atoms in total. The Bertz CT molecular complexity index is 392. The number of benzene rings is 1.